The zero-order valence-electron chi connectivity index (χ0n) is 12.4. The van der Waals surface area contributed by atoms with E-state index in [2.05, 4.69) is 10.2 Å². The summed E-state index contributed by atoms with van der Waals surface area (Å²) in [6.45, 7) is 2.03. The topological polar surface area (TPSA) is 52.7 Å². The van der Waals surface area contributed by atoms with Crippen molar-refractivity contribution in [2.24, 2.45) is 0 Å². The highest BCUT2D eigenvalue weighted by molar-refractivity contribution is 5.79. The van der Waals surface area contributed by atoms with Gasteiger partial charge in [-0.25, -0.2) is 13.5 Å². The first-order valence-electron chi connectivity index (χ1n) is 7.38. The molecule has 0 radical (unpaired) electrons. The maximum Gasteiger partial charge on any atom is 0.295 e. The third-order valence-corrected chi connectivity index (χ3v) is 4.25. The third kappa shape index (κ3) is 2.23. The first kappa shape index (κ1) is 14.0. The summed E-state index contributed by atoms with van der Waals surface area (Å²) >= 11 is 0. The molecule has 0 aliphatic heterocycles. The van der Waals surface area contributed by atoms with Gasteiger partial charge in [-0.05, 0) is 13.0 Å². The lowest BCUT2D eigenvalue weighted by molar-refractivity contribution is 0.423. The first-order valence-corrected chi connectivity index (χ1v) is 7.38. The second kappa shape index (κ2) is 4.97. The summed E-state index contributed by atoms with van der Waals surface area (Å²) in [6, 6.07) is 5.95. The van der Waals surface area contributed by atoms with Crippen molar-refractivity contribution in [3.8, 4) is 0 Å². The molecule has 0 unspecified atom stereocenters. The lowest BCUT2D eigenvalue weighted by Gasteiger charge is -2.05. The quantitative estimate of drug-likeness (QED) is 0.745. The fourth-order valence-corrected chi connectivity index (χ4v) is 2.74. The standard InChI is InChI=1S/C16H14F2N4O/c1-9-11-7-19-22(14-6-13(14)18)16(23)15(11)20-21(9)8-10-4-2-3-5-12(10)17/h2-5,7,13-14H,6,8H2,1H3/t13-,14-/m1/s1. The van der Waals surface area contributed by atoms with E-state index in [0.717, 1.165) is 10.4 Å². The fourth-order valence-electron chi connectivity index (χ4n) is 2.74. The molecule has 1 fully saturated rings. The van der Waals surface area contributed by atoms with Crippen molar-refractivity contribution < 1.29 is 8.78 Å². The monoisotopic (exact) mass is 316 g/mol. The highest BCUT2D eigenvalue weighted by Crippen LogP contribution is 2.37. The second-order valence-electron chi connectivity index (χ2n) is 5.81. The van der Waals surface area contributed by atoms with Gasteiger partial charge in [-0.3, -0.25) is 9.48 Å². The molecule has 7 heteroatoms. The van der Waals surface area contributed by atoms with E-state index >= 15 is 0 Å². The minimum Gasteiger partial charge on any atom is -0.265 e. The molecule has 118 valence electrons. The van der Waals surface area contributed by atoms with Crippen LogP contribution in [0.15, 0.2) is 35.3 Å². The Morgan fingerprint density at radius 3 is 2.78 bits per heavy atom. The van der Waals surface area contributed by atoms with E-state index in [1.807, 2.05) is 0 Å². The third-order valence-electron chi connectivity index (χ3n) is 4.25. The van der Waals surface area contributed by atoms with Crippen LogP contribution in [0.25, 0.3) is 10.9 Å². The smallest absolute Gasteiger partial charge is 0.265 e. The molecule has 1 aliphatic carbocycles. The van der Waals surface area contributed by atoms with Crippen LogP contribution in [0.3, 0.4) is 0 Å². The first-order chi connectivity index (χ1) is 11.1. The number of halogens is 2. The lowest BCUT2D eigenvalue weighted by atomic mass is 10.2. The Morgan fingerprint density at radius 2 is 2.09 bits per heavy atom. The number of alkyl halides is 1. The van der Waals surface area contributed by atoms with Gasteiger partial charge in [0, 0.05) is 23.1 Å². The molecule has 2 aromatic heterocycles. The van der Waals surface area contributed by atoms with Crippen LogP contribution in [0, 0.1) is 12.7 Å². The molecule has 0 amide bonds. The SMILES string of the molecule is Cc1c2cnn([C@@H]3C[C@H]3F)c(=O)c2nn1Cc1ccccc1F. The van der Waals surface area contributed by atoms with Gasteiger partial charge in [0.15, 0.2) is 5.52 Å². The predicted octanol–water partition coefficient (Wildman–Crippen LogP) is 2.37. The molecule has 2 atom stereocenters. The zero-order chi connectivity index (χ0) is 16.1. The minimum absolute atomic E-state index is 0.224. The van der Waals surface area contributed by atoms with Gasteiger partial charge in [-0.1, -0.05) is 18.2 Å². The Hall–Kier alpha value is -2.57. The van der Waals surface area contributed by atoms with Gasteiger partial charge in [-0.15, -0.1) is 0 Å². The lowest BCUT2D eigenvalue weighted by Crippen LogP contribution is -2.22. The number of benzene rings is 1. The van der Waals surface area contributed by atoms with Gasteiger partial charge in [0.25, 0.3) is 5.56 Å². The van der Waals surface area contributed by atoms with Crippen molar-refractivity contribution in [1.82, 2.24) is 19.6 Å². The molecule has 1 aliphatic rings. The molecular formula is C16H14F2N4O. The van der Waals surface area contributed by atoms with Gasteiger partial charge in [0.2, 0.25) is 0 Å². The Labute approximate surface area is 130 Å². The van der Waals surface area contributed by atoms with Crippen LogP contribution in [0.4, 0.5) is 8.78 Å². The maximum atomic E-state index is 13.8. The van der Waals surface area contributed by atoms with E-state index in [9.17, 15) is 13.6 Å². The Balaban J connectivity index is 1.80. The summed E-state index contributed by atoms with van der Waals surface area (Å²) < 4.78 is 29.7. The number of fused-ring (bicyclic) bond motifs is 1. The number of hydrogen-bond acceptors (Lipinski definition) is 3. The minimum atomic E-state index is -1.01. The highest BCUT2D eigenvalue weighted by Gasteiger charge is 2.41. The summed E-state index contributed by atoms with van der Waals surface area (Å²) in [5, 5.41) is 8.96. The van der Waals surface area contributed by atoms with Crippen LogP contribution < -0.4 is 5.56 Å². The van der Waals surface area contributed by atoms with Crippen molar-refractivity contribution in [3.05, 3.63) is 57.9 Å². The maximum absolute atomic E-state index is 13.8. The van der Waals surface area contributed by atoms with E-state index in [0.29, 0.717) is 17.4 Å². The number of aryl methyl sites for hydroxylation is 1. The van der Waals surface area contributed by atoms with Gasteiger partial charge >= 0.3 is 0 Å². The van der Waals surface area contributed by atoms with E-state index < -0.39 is 17.8 Å². The Morgan fingerprint density at radius 1 is 1.35 bits per heavy atom. The molecule has 1 aromatic carbocycles. The van der Waals surface area contributed by atoms with Crippen LogP contribution >= 0.6 is 0 Å². The molecule has 2 heterocycles. The van der Waals surface area contributed by atoms with Crippen LogP contribution in [0.1, 0.15) is 23.7 Å². The van der Waals surface area contributed by atoms with Gasteiger partial charge in [-0.2, -0.15) is 10.2 Å². The highest BCUT2D eigenvalue weighted by atomic mass is 19.1. The summed E-state index contributed by atoms with van der Waals surface area (Å²) in [5.41, 5.74) is 1.06. The van der Waals surface area contributed by atoms with Crippen LogP contribution in [-0.2, 0) is 6.54 Å². The molecule has 0 saturated heterocycles. The number of rotatable bonds is 3. The van der Waals surface area contributed by atoms with Gasteiger partial charge < -0.3 is 0 Å². The average Bonchev–Trinajstić information content (AvgIpc) is 3.17. The van der Waals surface area contributed by atoms with Crippen LogP contribution in [0.5, 0.6) is 0 Å². The van der Waals surface area contributed by atoms with Crippen molar-refractivity contribution in [1.29, 1.82) is 0 Å². The summed E-state index contributed by atoms with van der Waals surface area (Å²) in [5.74, 6) is -0.319. The normalized spacial score (nSPS) is 20.1. The van der Waals surface area contributed by atoms with Crippen molar-refractivity contribution >= 4 is 10.9 Å². The van der Waals surface area contributed by atoms with E-state index in [1.54, 1.807) is 29.8 Å². The zero-order valence-corrected chi connectivity index (χ0v) is 12.4. The molecule has 5 nitrogen and oxygen atoms in total. The molecule has 4 rings (SSSR count). The van der Waals surface area contributed by atoms with Crippen molar-refractivity contribution in [3.63, 3.8) is 0 Å². The largest absolute Gasteiger partial charge is 0.295 e. The van der Waals surface area contributed by atoms with E-state index in [4.69, 9.17) is 0 Å². The Bertz CT molecular complexity index is 962. The van der Waals surface area contributed by atoms with Gasteiger partial charge in [0.05, 0.1) is 18.8 Å². The summed E-state index contributed by atoms with van der Waals surface area (Å²) in [7, 11) is 0. The van der Waals surface area contributed by atoms with Gasteiger partial charge in [0.1, 0.15) is 12.0 Å². The predicted molar refractivity (Wildman–Crippen MR) is 80.6 cm³/mol. The molecule has 0 bridgehead atoms. The van der Waals surface area contributed by atoms with E-state index in [1.165, 1.54) is 12.3 Å². The van der Waals surface area contributed by atoms with Crippen LogP contribution in [0.2, 0.25) is 0 Å². The molecular weight excluding hydrogens is 302 g/mol. The second-order valence-corrected chi connectivity index (χ2v) is 5.81. The average molecular weight is 316 g/mol. The number of hydrogen-bond donors (Lipinski definition) is 0. The molecule has 3 aromatic rings. The fraction of sp³-hybridized carbons (Fsp3) is 0.312. The summed E-state index contributed by atoms with van der Waals surface area (Å²) in [4.78, 5) is 12.4. The molecule has 0 N–H and O–H groups in total. The molecule has 23 heavy (non-hydrogen) atoms. The molecule has 0 spiro atoms. The van der Waals surface area contributed by atoms with Crippen molar-refractivity contribution in [2.75, 3.05) is 0 Å². The number of aromatic nitrogens is 4. The van der Waals surface area contributed by atoms with Crippen LogP contribution in [-0.4, -0.2) is 25.7 Å². The molecule has 1 saturated carbocycles. The Kier molecular flexibility index (Phi) is 3.04. The number of nitrogens with zero attached hydrogens (tertiary/aromatic N) is 4. The summed E-state index contributed by atoms with van der Waals surface area (Å²) in [6.07, 6.45) is 0.828. The van der Waals surface area contributed by atoms with Crippen molar-refractivity contribution in [2.45, 2.75) is 32.1 Å². The van der Waals surface area contributed by atoms with E-state index in [-0.39, 0.29) is 17.9 Å².